The number of carbonyl (C=O) groups excluding carboxylic acids is 3. The standard InChI is InChI=1S/C20H20N4O6/c1-2-21-20(27)14-5-3-4-13(8-14)10-22-18(25)11-23-16-9-15(24(28)29)6-7-17(16)30-12-19(23)26/h3-9H,2,10-12H2,1H3,(H,21,27)(H,22,25). The Hall–Kier alpha value is -3.95. The second kappa shape index (κ2) is 9.03. The topological polar surface area (TPSA) is 131 Å². The Balaban J connectivity index is 1.68. The lowest BCUT2D eigenvalue weighted by molar-refractivity contribution is -0.384. The highest BCUT2D eigenvalue weighted by Gasteiger charge is 2.29. The average molecular weight is 412 g/mol. The van der Waals surface area contributed by atoms with E-state index in [2.05, 4.69) is 10.6 Å². The monoisotopic (exact) mass is 412 g/mol. The largest absolute Gasteiger partial charge is 0.482 e. The van der Waals surface area contributed by atoms with Crippen LogP contribution < -0.4 is 20.3 Å². The Morgan fingerprint density at radius 1 is 1.20 bits per heavy atom. The first-order chi connectivity index (χ1) is 14.4. The van der Waals surface area contributed by atoms with Gasteiger partial charge in [-0.15, -0.1) is 0 Å². The first kappa shape index (κ1) is 20.8. The summed E-state index contributed by atoms with van der Waals surface area (Å²) in [5.41, 5.74) is 1.16. The number of hydrogen-bond donors (Lipinski definition) is 2. The first-order valence-corrected chi connectivity index (χ1v) is 9.24. The van der Waals surface area contributed by atoms with Crippen molar-refractivity contribution in [2.45, 2.75) is 13.5 Å². The highest BCUT2D eigenvalue weighted by Crippen LogP contribution is 2.35. The highest BCUT2D eigenvalue weighted by molar-refractivity contribution is 6.02. The number of non-ortho nitro benzene ring substituents is 1. The van der Waals surface area contributed by atoms with Gasteiger partial charge in [-0.1, -0.05) is 12.1 Å². The summed E-state index contributed by atoms with van der Waals surface area (Å²) in [4.78, 5) is 48.2. The Kier molecular flexibility index (Phi) is 6.26. The van der Waals surface area contributed by atoms with Crippen molar-refractivity contribution in [3.8, 4) is 5.75 Å². The van der Waals surface area contributed by atoms with Crippen LogP contribution in [0.4, 0.5) is 11.4 Å². The van der Waals surface area contributed by atoms with Crippen molar-refractivity contribution in [1.82, 2.24) is 10.6 Å². The number of nitro benzene ring substituents is 1. The van der Waals surface area contributed by atoms with Crippen molar-refractivity contribution in [2.75, 3.05) is 24.6 Å². The van der Waals surface area contributed by atoms with Crippen molar-refractivity contribution in [2.24, 2.45) is 0 Å². The molecule has 0 saturated heterocycles. The molecule has 0 saturated carbocycles. The van der Waals surface area contributed by atoms with Gasteiger partial charge in [0.1, 0.15) is 12.3 Å². The third kappa shape index (κ3) is 4.72. The van der Waals surface area contributed by atoms with Crippen LogP contribution in [0, 0.1) is 10.1 Å². The number of nitrogens with one attached hydrogen (secondary N) is 2. The van der Waals surface area contributed by atoms with Gasteiger partial charge in [-0.3, -0.25) is 29.4 Å². The zero-order valence-corrected chi connectivity index (χ0v) is 16.2. The van der Waals surface area contributed by atoms with Crippen molar-refractivity contribution < 1.29 is 24.0 Å². The number of ether oxygens (including phenoxy) is 1. The zero-order chi connectivity index (χ0) is 21.7. The Morgan fingerprint density at radius 3 is 2.73 bits per heavy atom. The summed E-state index contributed by atoms with van der Waals surface area (Å²) < 4.78 is 5.28. The van der Waals surface area contributed by atoms with Gasteiger partial charge in [0, 0.05) is 30.8 Å². The maximum Gasteiger partial charge on any atom is 0.271 e. The van der Waals surface area contributed by atoms with E-state index in [1.54, 1.807) is 24.3 Å². The van der Waals surface area contributed by atoms with Gasteiger partial charge >= 0.3 is 0 Å². The predicted octanol–water partition coefficient (Wildman–Crippen LogP) is 1.39. The van der Waals surface area contributed by atoms with Crippen LogP contribution in [0.1, 0.15) is 22.8 Å². The van der Waals surface area contributed by atoms with E-state index >= 15 is 0 Å². The fourth-order valence-electron chi connectivity index (χ4n) is 2.96. The molecular weight excluding hydrogens is 392 g/mol. The number of benzene rings is 2. The average Bonchev–Trinajstić information content (AvgIpc) is 2.74. The van der Waals surface area contributed by atoms with Crippen LogP contribution in [-0.4, -0.2) is 42.3 Å². The smallest absolute Gasteiger partial charge is 0.271 e. The molecular formula is C20H20N4O6. The summed E-state index contributed by atoms with van der Waals surface area (Å²) in [5.74, 6) is -0.840. The number of carbonyl (C=O) groups is 3. The maximum absolute atomic E-state index is 12.4. The molecule has 0 spiro atoms. The number of anilines is 1. The molecule has 156 valence electrons. The molecule has 0 aromatic heterocycles. The molecule has 3 amide bonds. The molecule has 0 atom stereocenters. The molecule has 30 heavy (non-hydrogen) atoms. The minimum atomic E-state index is -0.584. The molecule has 10 heteroatoms. The fraction of sp³-hybridized carbons (Fsp3) is 0.250. The zero-order valence-electron chi connectivity index (χ0n) is 16.2. The number of rotatable bonds is 7. The predicted molar refractivity (Wildman–Crippen MR) is 107 cm³/mol. The summed E-state index contributed by atoms with van der Waals surface area (Å²) in [5, 5.41) is 16.4. The van der Waals surface area contributed by atoms with E-state index in [4.69, 9.17) is 4.74 Å². The second-order valence-electron chi connectivity index (χ2n) is 6.51. The van der Waals surface area contributed by atoms with Crippen molar-refractivity contribution in [3.05, 3.63) is 63.7 Å². The van der Waals surface area contributed by atoms with E-state index in [-0.39, 0.29) is 37.0 Å². The first-order valence-electron chi connectivity index (χ1n) is 9.24. The lowest BCUT2D eigenvalue weighted by atomic mass is 10.1. The van der Waals surface area contributed by atoms with E-state index in [1.165, 1.54) is 18.2 Å². The number of fused-ring (bicyclic) bond motifs is 1. The molecule has 2 aromatic carbocycles. The molecule has 0 radical (unpaired) electrons. The molecule has 10 nitrogen and oxygen atoms in total. The van der Waals surface area contributed by atoms with Crippen molar-refractivity contribution in [3.63, 3.8) is 0 Å². The van der Waals surface area contributed by atoms with E-state index in [1.807, 2.05) is 6.92 Å². The van der Waals surface area contributed by atoms with Gasteiger partial charge in [0.2, 0.25) is 5.91 Å². The Labute approximate surface area is 172 Å². The second-order valence-corrected chi connectivity index (χ2v) is 6.51. The third-order valence-electron chi connectivity index (χ3n) is 4.41. The molecule has 3 rings (SSSR count). The Bertz CT molecular complexity index is 1010. The van der Waals surface area contributed by atoms with Crippen LogP contribution in [0.2, 0.25) is 0 Å². The van der Waals surface area contributed by atoms with Gasteiger partial charge in [0.25, 0.3) is 17.5 Å². The van der Waals surface area contributed by atoms with Crippen LogP contribution in [0.3, 0.4) is 0 Å². The van der Waals surface area contributed by atoms with Crippen LogP contribution in [0.15, 0.2) is 42.5 Å². The molecule has 0 unspecified atom stereocenters. The molecule has 0 bridgehead atoms. The normalized spacial score (nSPS) is 12.6. The van der Waals surface area contributed by atoms with Gasteiger partial charge in [-0.2, -0.15) is 0 Å². The number of nitrogens with zero attached hydrogens (tertiary/aromatic N) is 2. The minimum absolute atomic E-state index is 0.159. The van der Waals surface area contributed by atoms with Crippen LogP contribution in [0.25, 0.3) is 0 Å². The lowest BCUT2D eigenvalue weighted by Crippen LogP contribution is -2.45. The van der Waals surface area contributed by atoms with Crippen LogP contribution >= 0.6 is 0 Å². The van der Waals surface area contributed by atoms with Crippen molar-refractivity contribution >= 4 is 29.1 Å². The molecule has 1 aliphatic rings. The van der Waals surface area contributed by atoms with E-state index in [0.29, 0.717) is 17.9 Å². The summed E-state index contributed by atoms with van der Waals surface area (Å²) in [7, 11) is 0. The quantitative estimate of drug-likeness (QED) is 0.522. The molecule has 2 N–H and O–H groups in total. The maximum atomic E-state index is 12.4. The molecule has 1 heterocycles. The van der Waals surface area contributed by atoms with Gasteiger partial charge in [0.05, 0.1) is 10.6 Å². The number of hydrogen-bond acceptors (Lipinski definition) is 6. The summed E-state index contributed by atoms with van der Waals surface area (Å²) in [6.07, 6.45) is 0. The van der Waals surface area contributed by atoms with E-state index in [0.717, 1.165) is 10.5 Å². The van der Waals surface area contributed by atoms with Crippen molar-refractivity contribution in [1.29, 1.82) is 0 Å². The van der Waals surface area contributed by atoms with E-state index < -0.39 is 16.7 Å². The third-order valence-corrected chi connectivity index (χ3v) is 4.41. The van der Waals surface area contributed by atoms with Crippen LogP contribution in [0.5, 0.6) is 5.75 Å². The summed E-state index contributed by atoms with van der Waals surface area (Å²) >= 11 is 0. The van der Waals surface area contributed by atoms with Gasteiger partial charge in [-0.05, 0) is 30.7 Å². The highest BCUT2D eigenvalue weighted by atomic mass is 16.6. The van der Waals surface area contributed by atoms with Gasteiger partial charge in [0.15, 0.2) is 6.61 Å². The SMILES string of the molecule is CCNC(=O)c1cccc(CNC(=O)CN2C(=O)COc3ccc([N+](=O)[O-])cc32)c1. The Morgan fingerprint density at radius 2 is 2.00 bits per heavy atom. The van der Waals surface area contributed by atoms with E-state index in [9.17, 15) is 24.5 Å². The van der Waals surface area contributed by atoms with Crippen LogP contribution in [-0.2, 0) is 16.1 Å². The summed E-state index contributed by atoms with van der Waals surface area (Å²) in [6, 6.07) is 10.7. The molecule has 2 aromatic rings. The van der Waals surface area contributed by atoms with Gasteiger partial charge in [-0.25, -0.2) is 0 Å². The molecule has 0 fully saturated rings. The summed E-state index contributed by atoms with van der Waals surface area (Å²) in [6.45, 7) is 1.92. The molecule has 1 aliphatic heterocycles. The number of amides is 3. The fourth-order valence-corrected chi connectivity index (χ4v) is 2.96. The lowest BCUT2D eigenvalue weighted by Gasteiger charge is -2.28. The minimum Gasteiger partial charge on any atom is -0.482 e. The van der Waals surface area contributed by atoms with Gasteiger partial charge < -0.3 is 15.4 Å². The molecule has 0 aliphatic carbocycles. The number of nitro groups is 1.